The highest BCUT2D eigenvalue weighted by Gasteiger charge is 2.22. The normalized spacial score (nSPS) is 14.9. The molecule has 0 amide bonds. The Hall–Kier alpha value is -2.81. The minimum absolute atomic E-state index is 0.113. The lowest BCUT2D eigenvalue weighted by molar-refractivity contribution is 0.394. The van der Waals surface area contributed by atoms with Gasteiger partial charge < -0.3 is 19.7 Å². The predicted molar refractivity (Wildman–Crippen MR) is 115 cm³/mol. The van der Waals surface area contributed by atoms with E-state index in [2.05, 4.69) is 20.3 Å². The molecule has 1 saturated heterocycles. The summed E-state index contributed by atoms with van der Waals surface area (Å²) in [6.07, 6.45) is 2.68. The Labute approximate surface area is 173 Å². The van der Waals surface area contributed by atoms with Crippen LogP contribution in [-0.4, -0.2) is 47.9 Å². The van der Waals surface area contributed by atoms with E-state index in [1.165, 1.54) is 15.9 Å². The molecule has 0 spiro atoms. The minimum atomic E-state index is -0.113. The third kappa shape index (κ3) is 4.14. The van der Waals surface area contributed by atoms with Crippen molar-refractivity contribution < 1.29 is 9.47 Å². The van der Waals surface area contributed by atoms with Crippen molar-refractivity contribution in [1.82, 2.24) is 14.6 Å². The van der Waals surface area contributed by atoms with Crippen LogP contribution in [0.1, 0.15) is 25.5 Å². The molecule has 154 valence electrons. The average molecular weight is 416 g/mol. The van der Waals surface area contributed by atoms with Crippen LogP contribution in [0.25, 0.3) is 4.96 Å². The standard InChI is InChI=1S/C20H25N5O3S/c1-4-13-11-18(26)25-19(22-13)29-20(23-25)24-7-5-14(6-8-24)21-15-9-16(27-2)12-17(10-15)28-3/h9-12,14,21H,4-8H2,1-3H3. The lowest BCUT2D eigenvalue weighted by Gasteiger charge is -2.32. The Morgan fingerprint density at radius 2 is 1.83 bits per heavy atom. The van der Waals surface area contributed by atoms with Gasteiger partial charge in [0.05, 0.1) is 14.2 Å². The van der Waals surface area contributed by atoms with E-state index in [9.17, 15) is 4.79 Å². The number of piperidine rings is 1. The molecule has 0 saturated carbocycles. The van der Waals surface area contributed by atoms with Gasteiger partial charge in [-0.15, -0.1) is 5.10 Å². The average Bonchev–Trinajstić information content (AvgIpc) is 3.18. The molecular weight excluding hydrogens is 390 g/mol. The molecule has 1 aromatic carbocycles. The number of aromatic nitrogens is 3. The maximum Gasteiger partial charge on any atom is 0.275 e. The van der Waals surface area contributed by atoms with Crippen LogP contribution in [0.15, 0.2) is 29.1 Å². The van der Waals surface area contributed by atoms with Gasteiger partial charge in [0.25, 0.3) is 5.56 Å². The number of rotatable bonds is 6. The fraction of sp³-hybridized carbons (Fsp3) is 0.450. The largest absolute Gasteiger partial charge is 0.497 e. The van der Waals surface area contributed by atoms with E-state index in [-0.39, 0.29) is 5.56 Å². The van der Waals surface area contributed by atoms with E-state index < -0.39 is 0 Å². The maximum atomic E-state index is 12.2. The zero-order valence-corrected chi connectivity index (χ0v) is 17.7. The van der Waals surface area contributed by atoms with Crippen molar-refractivity contribution in [2.45, 2.75) is 32.2 Å². The summed E-state index contributed by atoms with van der Waals surface area (Å²) < 4.78 is 12.1. The smallest absolute Gasteiger partial charge is 0.275 e. The number of nitrogens with zero attached hydrogens (tertiary/aromatic N) is 4. The number of anilines is 2. The summed E-state index contributed by atoms with van der Waals surface area (Å²) in [5.41, 5.74) is 1.68. The third-order valence-corrected chi connectivity index (χ3v) is 6.11. The highest BCUT2D eigenvalue weighted by atomic mass is 32.1. The zero-order chi connectivity index (χ0) is 20.4. The molecule has 1 fully saturated rings. The molecule has 8 nitrogen and oxygen atoms in total. The van der Waals surface area contributed by atoms with Gasteiger partial charge >= 0.3 is 0 Å². The van der Waals surface area contributed by atoms with Gasteiger partial charge in [0, 0.05) is 54.8 Å². The minimum Gasteiger partial charge on any atom is -0.497 e. The van der Waals surface area contributed by atoms with Gasteiger partial charge in [-0.25, -0.2) is 4.98 Å². The summed E-state index contributed by atoms with van der Waals surface area (Å²) in [6, 6.07) is 7.73. The molecule has 4 rings (SSSR count). The molecule has 29 heavy (non-hydrogen) atoms. The second kappa shape index (κ2) is 8.28. The van der Waals surface area contributed by atoms with Crippen molar-refractivity contribution in [3.63, 3.8) is 0 Å². The molecule has 1 aliphatic rings. The van der Waals surface area contributed by atoms with Gasteiger partial charge in [0.15, 0.2) is 0 Å². The van der Waals surface area contributed by atoms with Crippen LogP contribution in [-0.2, 0) is 6.42 Å². The van der Waals surface area contributed by atoms with Gasteiger partial charge in [-0.2, -0.15) is 4.52 Å². The van der Waals surface area contributed by atoms with Crippen LogP contribution in [0.2, 0.25) is 0 Å². The third-order valence-electron chi connectivity index (χ3n) is 5.14. The highest BCUT2D eigenvalue weighted by Crippen LogP contribution is 2.29. The molecule has 0 aliphatic carbocycles. The van der Waals surface area contributed by atoms with Crippen LogP contribution in [0, 0.1) is 0 Å². The predicted octanol–water partition coefficient (Wildman–Crippen LogP) is 2.81. The lowest BCUT2D eigenvalue weighted by Crippen LogP contribution is -2.39. The number of fused-ring (bicyclic) bond motifs is 1. The van der Waals surface area contributed by atoms with Gasteiger partial charge in [0.1, 0.15) is 11.5 Å². The maximum absolute atomic E-state index is 12.2. The Morgan fingerprint density at radius 1 is 1.14 bits per heavy atom. The first-order valence-corrected chi connectivity index (χ1v) is 10.6. The van der Waals surface area contributed by atoms with E-state index in [4.69, 9.17) is 9.47 Å². The van der Waals surface area contributed by atoms with Crippen molar-refractivity contribution in [3.05, 3.63) is 40.3 Å². The molecule has 0 unspecified atom stereocenters. The van der Waals surface area contributed by atoms with E-state index >= 15 is 0 Å². The van der Waals surface area contributed by atoms with Crippen LogP contribution in [0.3, 0.4) is 0 Å². The molecule has 2 aromatic heterocycles. The van der Waals surface area contributed by atoms with Crippen LogP contribution >= 0.6 is 11.3 Å². The first-order chi connectivity index (χ1) is 14.1. The van der Waals surface area contributed by atoms with Crippen LogP contribution in [0.5, 0.6) is 11.5 Å². The fourth-order valence-electron chi connectivity index (χ4n) is 3.50. The van der Waals surface area contributed by atoms with E-state index in [0.29, 0.717) is 11.0 Å². The lowest BCUT2D eigenvalue weighted by atomic mass is 10.0. The number of aryl methyl sites for hydroxylation is 1. The summed E-state index contributed by atoms with van der Waals surface area (Å²) in [7, 11) is 3.30. The number of benzene rings is 1. The van der Waals surface area contributed by atoms with Crippen molar-refractivity contribution in [1.29, 1.82) is 0 Å². The molecule has 0 bridgehead atoms. The summed E-state index contributed by atoms with van der Waals surface area (Å²) in [5.74, 6) is 1.53. The molecule has 1 N–H and O–H groups in total. The molecule has 3 aromatic rings. The topological polar surface area (TPSA) is 81.0 Å². The molecule has 1 aliphatic heterocycles. The molecule has 0 radical (unpaired) electrons. The first kappa shape index (κ1) is 19.5. The van der Waals surface area contributed by atoms with Gasteiger partial charge in [-0.3, -0.25) is 4.79 Å². The molecule has 3 heterocycles. The fourth-order valence-corrected chi connectivity index (χ4v) is 4.47. The van der Waals surface area contributed by atoms with Crippen molar-refractivity contribution in [2.75, 3.05) is 37.5 Å². The summed E-state index contributed by atoms with van der Waals surface area (Å²) >= 11 is 1.48. The molecule has 0 atom stereocenters. The van der Waals surface area contributed by atoms with Crippen molar-refractivity contribution in [2.24, 2.45) is 0 Å². The SMILES string of the molecule is CCc1cc(=O)n2nc(N3CCC(Nc4cc(OC)cc(OC)c4)CC3)sc2n1. The number of methoxy groups -OCH3 is 2. The second-order valence-corrected chi connectivity index (χ2v) is 7.96. The Bertz CT molecular complexity index is 1030. The Kier molecular flexibility index (Phi) is 5.57. The molecule has 9 heteroatoms. The highest BCUT2D eigenvalue weighted by molar-refractivity contribution is 7.20. The van der Waals surface area contributed by atoms with Crippen LogP contribution < -0.4 is 25.2 Å². The molecular formula is C20H25N5O3S. The summed E-state index contributed by atoms with van der Waals surface area (Å²) in [4.78, 5) is 19.7. The number of hydrogen-bond donors (Lipinski definition) is 1. The Morgan fingerprint density at radius 3 is 2.45 bits per heavy atom. The van der Waals surface area contributed by atoms with Gasteiger partial charge in [0.2, 0.25) is 10.1 Å². The van der Waals surface area contributed by atoms with E-state index in [1.807, 2.05) is 25.1 Å². The van der Waals surface area contributed by atoms with Crippen molar-refractivity contribution >= 4 is 27.1 Å². The summed E-state index contributed by atoms with van der Waals surface area (Å²) in [6.45, 7) is 3.73. The second-order valence-electron chi connectivity index (χ2n) is 7.03. The zero-order valence-electron chi connectivity index (χ0n) is 16.8. The van der Waals surface area contributed by atoms with Gasteiger partial charge in [-0.1, -0.05) is 18.3 Å². The Balaban J connectivity index is 1.44. The number of hydrogen-bond acceptors (Lipinski definition) is 8. The summed E-state index contributed by atoms with van der Waals surface area (Å²) in [5, 5.41) is 8.93. The monoisotopic (exact) mass is 415 g/mol. The van der Waals surface area contributed by atoms with E-state index in [1.54, 1.807) is 20.3 Å². The van der Waals surface area contributed by atoms with Crippen molar-refractivity contribution in [3.8, 4) is 11.5 Å². The first-order valence-electron chi connectivity index (χ1n) is 9.74. The van der Waals surface area contributed by atoms with E-state index in [0.717, 1.165) is 60.4 Å². The van der Waals surface area contributed by atoms with Gasteiger partial charge in [-0.05, 0) is 19.3 Å². The quantitative estimate of drug-likeness (QED) is 0.663. The number of ether oxygens (including phenoxy) is 2. The number of nitrogens with one attached hydrogen (secondary N) is 1. The van der Waals surface area contributed by atoms with Crippen LogP contribution in [0.4, 0.5) is 10.8 Å².